The van der Waals surface area contributed by atoms with Crippen LogP contribution in [-0.2, 0) is 14.3 Å². The lowest BCUT2D eigenvalue weighted by Crippen LogP contribution is -2.18. The first-order valence-corrected chi connectivity index (χ1v) is 4.28. The molecule has 0 bridgehead atoms. The second-order valence-electron chi connectivity index (χ2n) is 2.50. The minimum absolute atomic E-state index is 0.315. The van der Waals surface area contributed by atoms with E-state index in [4.69, 9.17) is 9.47 Å². The predicted molar refractivity (Wildman–Crippen MR) is 50.3 cm³/mol. The number of hydrogen-bond donors (Lipinski definition) is 1. The number of carbonyl (C=O) groups excluding carboxylic acids is 1. The second kappa shape index (κ2) is 7.61. The minimum Gasteiger partial charge on any atom is -0.463 e. The van der Waals surface area contributed by atoms with E-state index >= 15 is 0 Å². The fourth-order valence-corrected chi connectivity index (χ4v) is 0.762. The molecule has 0 aromatic rings. The standard InChI is InChI=1S/C9H17NO3/c1-4-13-9(11)7-8(2)10-5-6-12-3/h7,10H,4-6H2,1-3H3/b8-7+. The second-order valence-corrected chi connectivity index (χ2v) is 2.50. The molecule has 0 aromatic heterocycles. The van der Waals surface area contributed by atoms with Gasteiger partial charge in [0.15, 0.2) is 0 Å². The molecule has 0 aliphatic heterocycles. The first kappa shape index (κ1) is 12.0. The summed E-state index contributed by atoms with van der Waals surface area (Å²) in [6, 6.07) is 0. The predicted octanol–water partition coefficient (Wildman–Crippen LogP) is 0.689. The Bertz CT molecular complexity index is 178. The average molecular weight is 187 g/mol. The molecule has 0 saturated carbocycles. The van der Waals surface area contributed by atoms with Crippen molar-refractivity contribution in [2.24, 2.45) is 0 Å². The molecule has 0 saturated heterocycles. The van der Waals surface area contributed by atoms with Gasteiger partial charge in [-0.05, 0) is 13.8 Å². The molecule has 0 aromatic carbocycles. The van der Waals surface area contributed by atoms with Crippen molar-refractivity contribution in [3.05, 3.63) is 11.8 Å². The third-order valence-corrected chi connectivity index (χ3v) is 1.33. The molecular formula is C9H17NO3. The third kappa shape index (κ3) is 7.33. The summed E-state index contributed by atoms with van der Waals surface area (Å²) < 4.78 is 9.57. The highest BCUT2D eigenvalue weighted by Crippen LogP contribution is 1.88. The van der Waals surface area contributed by atoms with Crippen molar-refractivity contribution in [1.29, 1.82) is 0 Å². The molecule has 0 atom stereocenters. The van der Waals surface area contributed by atoms with Crippen LogP contribution >= 0.6 is 0 Å². The van der Waals surface area contributed by atoms with Crippen molar-refractivity contribution in [2.75, 3.05) is 26.9 Å². The van der Waals surface area contributed by atoms with Crippen LogP contribution in [0, 0.1) is 0 Å². The van der Waals surface area contributed by atoms with Crippen LogP contribution in [0.1, 0.15) is 13.8 Å². The first-order chi connectivity index (χ1) is 6.20. The quantitative estimate of drug-likeness (QED) is 0.377. The Morgan fingerprint density at radius 2 is 2.23 bits per heavy atom. The highest BCUT2D eigenvalue weighted by molar-refractivity contribution is 5.82. The van der Waals surface area contributed by atoms with Gasteiger partial charge in [-0.2, -0.15) is 0 Å². The molecule has 76 valence electrons. The maximum atomic E-state index is 10.9. The lowest BCUT2D eigenvalue weighted by atomic mass is 10.4. The zero-order valence-corrected chi connectivity index (χ0v) is 8.42. The van der Waals surface area contributed by atoms with Gasteiger partial charge in [-0.1, -0.05) is 0 Å². The average Bonchev–Trinajstić information content (AvgIpc) is 2.05. The molecule has 1 N–H and O–H groups in total. The smallest absolute Gasteiger partial charge is 0.332 e. The van der Waals surface area contributed by atoms with E-state index in [-0.39, 0.29) is 5.97 Å². The number of ether oxygens (including phenoxy) is 2. The van der Waals surface area contributed by atoms with Crippen LogP contribution < -0.4 is 5.32 Å². The van der Waals surface area contributed by atoms with Crippen molar-refractivity contribution in [2.45, 2.75) is 13.8 Å². The topological polar surface area (TPSA) is 47.6 Å². The molecule has 0 aliphatic rings. The molecule has 0 fully saturated rings. The number of methoxy groups -OCH3 is 1. The summed E-state index contributed by atoms with van der Waals surface area (Å²) in [6.07, 6.45) is 1.43. The Morgan fingerprint density at radius 1 is 1.54 bits per heavy atom. The van der Waals surface area contributed by atoms with Gasteiger partial charge in [0.25, 0.3) is 0 Å². The largest absolute Gasteiger partial charge is 0.463 e. The SMILES string of the molecule is CCOC(=O)/C=C(\C)NCCOC. The molecule has 0 radical (unpaired) electrons. The maximum Gasteiger partial charge on any atom is 0.332 e. The van der Waals surface area contributed by atoms with E-state index in [9.17, 15) is 4.79 Å². The van der Waals surface area contributed by atoms with Crippen molar-refractivity contribution in [3.63, 3.8) is 0 Å². The summed E-state index contributed by atoms with van der Waals surface area (Å²) in [7, 11) is 1.63. The van der Waals surface area contributed by atoms with Crippen molar-refractivity contribution < 1.29 is 14.3 Å². The summed E-state index contributed by atoms with van der Waals surface area (Å²) in [5.41, 5.74) is 0.788. The lowest BCUT2D eigenvalue weighted by molar-refractivity contribution is -0.137. The third-order valence-electron chi connectivity index (χ3n) is 1.33. The van der Waals surface area contributed by atoms with Crippen LogP contribution in [0.2, 0.25) is 0 Å². The minimum atomic E-state index is -0.315. The molecule has 4 heteroatoms. The number of carbonyl (C=O) groups is 1. The highest BCUT2D eigenvalue weighted by atomic mass is 16.5. The van der Waals surface area contributed by atoms with E-state index in [1.165, 1.54) is 6.08 Å². The lowest BCUT2D eigenvalue weighted by Gasteiger charge is -2.04. The van der Waals surface area contributed by atoms with Gasteiger partial charge in [0.2, 0.25) is 0 Å². The van der Waals surface area contributed by atoms with Crippen LogP contribution in [-0.4, -0.2) is 32.8 Å². The first-order valence-electron chi connectivity index (χ1n) is 4.28. The Balaban J connectivity index is 3.67. The molecule has 0 spiro atoms. The highest BCUT2D eigenvalue weighted by Gasteiger charge is 1.96. The Kier molecular flexibility index (Phi) is 7.01. The van der Waals surface area contributed by atoms with Crippen molar-refractivity contribution in [1.82, 2.24) is 5.32 Å². The summed E-state index contributed by atoms with van der Waals surface area (Å²) in [6.45, 7) is 5.30. The number of allylic oxidation sites excluding steroid dienone is 1. The van der Waals surface area contributed by atoms with E-state index in [0.717, 1.165) is 5.70 Å². The van der Waals surface area contributed by atoms with Gasteiger partial charge in [-0.3, -0.25) is 0 Å². The molecule has 0 heterocycles. The molecule has 0 rings (SSSR count). The number of nitrogens with one attached hydrogen (secondary N) is 1. The van der Waals surface area contributed by atoms with Gasteiger partial charge < -0.3 is 14.8 Å². The van der Waals surface area contributed by atoms with Gasteiger partial charge >= 0.3 is 5.97 Å². The van der Waals surface area contributed by atoms with Gasteiger partial charge in [0.1, 0.15) is 0 Å². The molecule has 0 amide bonds. The van der Waals surface area contributed by atoms with E-state index in [0.29, 0.717) is 19.8 Å². The van der Waals surface area contributed by atoms with Gasteiger partial charge in [0.05, 0.1) is 13.2 Å². The van der Waals surface area contributed by atoms with Crippen LogP contribution in [0.5, 0.6) is 0 Å². The van der Waals surface area contributed by atoms with Gasteiger partial charge in [-0.15, -0.1) is 0 Å². The van der Waals surface area contributed by atoms with Crippen molar-refractivity contribution in [3.8, 4) is 0 Å². The number of hydrogen-bond acceptors (Lipinski definition) is 4. The van der Waals surface area contributed by atoms with Crippen LogP contribution in [0.3, 0.4) is 0 Å². The van der Waals surface area contributed by atoms with Crippen LogP contribution in [0.4, 0.5) is 0 Å². The molecule has 4 nitrogen and oxygen atoms in total. The van der Waals surface area contributed by atoms with E-state index in [1.54, 1.807) is 14.0 Å². The van der Waals surface area contributed by atoms with E-state index in [1.807, 2.05) is 6.92 Å². The van der Waals surface area contributed by atoms with Gasteiger partial charge in [-0.25, -0.2) is 4.79 Å². The van der Waals surface area contributed by atoms with Crippen molar-refractivity contribution >= 4 is 5.97 Å². The monoisotopic (exact) mass is 187 g/mol. The Morgan fingerprint density at radius 3 is 2.77 bits per heavy atom. The Hall–Kier alpha value is -1.03. The molecule has 0 unspecified atom stereocenters. The normalized spacial score (nSPS) is 11.2. The molecule has 13 heavy (non-hydrogen) atoms. The fraction of sp³-hybridized carbons (Fsp3) is 0.667. The van der Waals surface area contributed by atoms with Gasteiger partial charge in [0, 0.05) is 25.4 Å². The molecular weight excluding hydrogens is 170 g/mol. The summed E-state index contributed by atoms with van der Waals surface area (Å²) in [5.74, 6) is -0.315. The van der Waals surface area contributed by atoms with E-state index in [2.05, 4.69) is 5.32 Å². The Labute approximate surface area is 78.9 Å². The zero-order chi connectivity index (χ0) is 10.1. The fourth-order valence-electron chi connectivity index (χ4n) is 0.762. The summed E-state index contributed by atoms with van der Waals surface area (Å²) in [5, 5.41) is 3.01. The summed E-state index contributed by atoms with van der Waals surface area (Å²) >= 11 is 0. The number of esters is 1. The molecule has 0 aliphatic carbocycles. The van der Waals surface area contributed by atoms with Crippen LogP contribution in [0.15, 0.2) is 11.8 Å². The summed E-state index contributed by atoms with van der Waals surface area (Å²) in [4.78, 5) is 10.9. The zero-order valence-electron chi connectivity index (χ0n) is 8.42. The number of rotatable bonds is 6. The maximum absolute atomic E-state index is 10.9. The van der Waals surface area contributed by atoms with E-state index < -0.39 is 0 Å². The van der Waals surface area contributed by atoms with Crippen LogP contribution in [0.25, 0.3) is 0 Å².